The molecular weight excluding hydrogens is 384 g/mol. The van der Waals surface area contributed by atoms with Crippen LogP contribution in [0.2, 0.25) is 0 Å². The molecule has 0 fully saturated rings. The SMILES string of the molecule is CCCCNCCCOc1ccc(S(=O)(=O)c2c(CC)cn3ccccc23)cc1. The van der Waals surface area contributed by atoms with Crippen molar-refractivity contribution in [3.05, 3.63) is 60.4 Å². The molecule has 0 saturated heterocycles. The molecule has 1 N–H and O–H groups in total. The topological polar surface area (TPSA) is 59.8 Å². The molecule has 6 heteroatoms. The minimum absolute atomic E-state index is 0.290. The summed E-state index contributed by atoms with van der Waals surface area (Å²) in [5.41, 5.74) is 1.53. The molecule has 5 nitrogen and oxygen atoms in total. The number of aromatic nitrogens is 1. The first kappa shape index (κ1) is 21.4. The molecule has 0 unspecified atom stereocenters. The van der Waals surface area contributed by atoms with E-state index in [0.717, 1.165) is 25.1 Å². The van der Waals surface area contributed by atoms with Gasteiger partial charge in [-0.3, -0.25) is 0 Å². The molecule has 0 bridgehead atoms. The summed E-state index contributed by atoms with van der Waals surface area (Å²) in [4.78, 5) is 0.685. The molecule has 0 radical (unpaired) electrons. The second-order valence-corrected chi connectivity index (χ2v) is 9.00. The smallest absolute Gasteiger partial charge is 0.208 e. The molecule has 0 aliphatic rings. The molecule has 156 valence electrons. The summed E-state index contributed by atoms with van der Waals surface area (Å²) in [5, 5.41) is 3.38. The Balaban J connectivity index is 1.70. The van der Waals surface area contributed by atoms with Crippen LogP contribution in [0.3, 0.4) is 0 Å². The van der Waals surface area contributed by atoms with Crippen LogP contribution in [-0.4, -0.2) is 32.5 Å². The maximum atomic E-state index is 13.3. The first-order chi connectivity index (χ1) is 14.1. The quantitative estimate of drug-likeness (QED) is 0.470. The van der Waals surface area contributed by atoms with E-state index in [4.69, 9.17) is 4.74 Å². The lowest BCUT2D eigenvalue weighted by Crippen LogP contribution is -2.18. The van der Waals surface area contributed by atoms with E-state index >= 15 is 0 Å². The highest BCUT2D eigenvalue weighted by Gasteiger charge is 2.25. The van der Waals surface area contributed by atoms with E-state index in [1.807, 2.05) is 41.9 Å². The fraction of sp³-hybridized carbons (Fsp3) is 0.391. The molecule has 3 rings (SSSR count). The molecule has 1 aromatic carbocycles. The predicted molar refractivity (Wildman–Crippen MR) is 117 cm³/mol. The summed E-state index contributed by atoms with van der Waals surface area (Å²) in [7, 11) is -3.61. The summed E-state index contributed by atoms with van der Waals surface area (Å²) in [6, 6.07) is 12.4. The lowest BCUT2D eigenvalue weighted by molar-refractivity contribution is 0.308. The molecule has 0 aliphatic carbocycles. The summed E-state index contributed by atoms with van der Waals surface area (Å²) >= 11 is 0. The van der Waals surface area contributed by atoms with Crippen molar-refractivity contribution in [1.29, 1.82) is 0 Å². The van der Waals surface area contributed by atoms with Gasteiger partial charge in [0, 0.05) is 12.4 Å². The number of rotatable bonds is 11. The zero-order chi connectivity index (χ0) is 20.7. The van der Waals surface area contributed by atoms with Crippen molar-refractivity contribution < 1.29 is 13.2 Å². The van der Waals surface area contributed by atoms with Gasteiger partial charge in [-0.05, 0) is 74.3 Å². The van der Waals surface area contributed by atoms with Crippen molar-refractivity contribution >= 4 is 15.4 Å². The van der Waals surface area contributed by atoms with E-state index in [1.54, 1.807) is 24.3 Å². The van der Waals surface area contributed by atoms with Gasteiger partial charge in [-0.25, -0.2) is 8.42 Å². The summed E-state index contributed by atoms with van der Waals surface area (Å²) < 4.78 is 34.3. The van der Waals surface area contributed by atoms with E-state index in [9.17, 15) is 8.42 Å². The minimum atomic E-state index is -3.61. The summed E-state index contributed by atoms with van der Waals surface area (Å²) in [6.45, 7) is 6.72. The molecule has 0 aliphatic heterocycles. The number of hydrogen-bond donors (Lipinski definition) is 1. The van der Waals surface area contributed by atoms with E-state index in [-0.39, 0.29) is 4.90 Å². The third-order valence-corrected chi connectivity index (χ3v) is 6.87. The van der Waals surface area contributed by atoms with Crippen molar-refractivity contribution in [2.45, 2.75) is 49.3 Å². The Morgan fingerprint density at radius 2 is 1.76 bits per heavy atom. The fourth-order valence-corrected chi connectivity index (χ4v) is 5.08. The average molecular weight is 415 g/mol. The molecule has 29 heavy (non-hydrogen) atoms. The van der Waals surface area contributed by atoms with E-state index in [2.05, 4.69) is 12.2 Å². The number of benzene rings is 1. The summed E-state index contributed by atoms with van der Waals surface area (Å²) in [6.07, 6.45) is 7.73. The Hall–Kier alpha value is -2.31. The zero-order valence-electron chi connectivity index (χ0n) is 17.2. The predicted octanol–water partition coefficient (Wildman–Crippen LogP) is 4.49. The van der Waals surface area contributed by atoms with Crippen molar-refractivity contribution in [2.75, 3.05) is 19.7 Å². The number of nitrogens with one attached hydrogen (secondary N) is 1. The van der Waals surface area contributed by atoms with Crippen LogP contribution in [0.25, 0.3) is 5.52 Å². The lowest BCUT2D eigenvalue weighted by atomic mass is 10.2. The van der Waals surface area contributed by atoms with Gasteiger partial charge in [-0.2, -0.15) is 0 Å². The van der Waals surface area contributed by atoms with E-state index < -0.39 is 9.84 Å². The van der Waals surface area contributed by atoms with Crippen LogP contribution < -0.4 is 10.1 Å². The van der Waals surface area contributed by atoms with Crippen LogP contribution in [-0.2, 0) is 16.3 Å². The second-order valence-electron chi connectivity index (χ2n) is 7.11. The Kier molecular flexibility index (Phi) is 7.34. The van der Waals surface area contributed by atoms with Gasteiger partial charge in [0.1, 0.15) is 10.6 Å². The van der Waals surface area contributed by atoms with Crippen LogP contribution >= 0.6 is 0 Å². The number of ether oxygens (including phenoxy) is 1. The van der Waals surface area contributed by atoms with Gasteiger partial charge >= 0.3 is 0 Å². The Morgan fingerprint density at radius 3 is 2.48 bits per heavy atom. The van der Waals surface area contributed by atoms with Gasteiger partial charge in [0.2, 0.25) is 9.84 Å². The third kappa shape index (κ3) is 5.00. The Morgan fingerprint density at radius 1 is 1.00 bits per heavy atom. The van der Waals surface area contributed by atoms with Crippen molar-refractivity contribution in [3.63, 3.8) is 0 Å². The molecule has 3 aromatic rings. The van der Waals surface area contributed by atoms with Crippen LogP contribution in [0.15, 0.2) is 64.6 Å². The van der Waals surface area contributed by atoms with Gasteiger partial charge in [0.25, 0.3) is 0 Å². The normalized spacial score (nSPS) is 11.8. The highest BCUT2D eigenvalue weighted by atomic mass is 32.2. The van der Waals surface area contributed by atoms with Crippen LogP contribution in [0.1, 0.15) is 38.7 Å². The van der Waals surface area contributed by atoms with Gasteiger partial charge in [0.15, 0.2) is 0 Å². The van der Waals surface area contributed by atoms with Gasteiger partial charge in [-0.15, -0.1) is 0 Å². The highest BCUT2D eigenvalue weighted by Crippen LogP contribution is 2.31. The molecule has 0 spiro atoms. The number of hydrogen-bond acceptors (Lipinski definition) is 4. The molecule has 0 amide bonds. The third-order valence-electron chi connectivity index (χ3n) is 4.97. The number of nitrogens with zero attached hydrogens (tertiary/aromatic N) is 1. The molecule has 0 atom stereocenters. The molecular formula is C23H30N2O3S. The number of sulfone groups is 1. The number of pyridine rings is 1. The summed E-state index contributed by atoms with van der Waals surface area (Å²) in [5.74, 6) is 0.690. The van der Waals surface area contributed by atoms with Gasteiger partial charge in [0.05, 0.1) is 17.0 Å². The molecule has 2 heterocycles. The Bertz CT molecular complexity index is 1020. The standard InChI is InChI=1S/C23H30N2O3S/c1-3-5-14-24-15-8-17-28-20-10-12-21(13-11-20)29(26,27)23-19(4-2)18-25-16-7-6-9-22(23)25/h6-7,9-13,16,18,24H,3-5,8,14-15,17H2,1-2H3. The van der Waals surface area contributed by atoms with Crippen molar-refractivity contribution in [1.82, 2.24) is 9.72 Å². The number of aryl methyl sites for hydroxylation is 1. The molecule has 2 aromatic heterocycles. The maximum Gasteiger partial charge on any atom is 0.208 e. The van der Waals surface area contributed by atoms with Gasteiger partial charge in [-0.1, -0.05) is 26.3 Å². The van der Waals surface area contributed by atoms with Crippen LogP contribution in [0.4, 0.5) is 0 Å². The van der Waals surface area contributed by atoms with E-state index in [1.165, 1.54) is 12.8 Å². The molecule has 0 saturated carbocycles. The maximum absolute atomic E-state index is 13.3. The average Bonchev–Trinajstić information content (AvgIpc) is 3.13. The fourth-order valence-electron chi connectivity index (χ4n) is 3.36. The Labute approximate surface area is 173 Å². The largest absolute Gasteiger partial charge is 0.494 e. The first-order valence-electron chi connectivity index (χ1n) is 10.3. The van der Waals surface area contributed by atoms with Crippen LogP contribution in [0.5, 0.6) is 5.75 Å². The van der Waals surface area contributed by atoms with E-state index in [0.29, 0.717) is 29.2 Å². The second kappa shape index (κ2) is 9.94. The monoisotopic (exact) mass is 414 g/mol. The minimum Gasteiger partial charge on any atom is -0.494 e. The number of fused-ring (bicyclic) bond motifs is 1. The highest BCUT2D eigenvalue weighted by molar-refractivity contribution is 7.91. The lowest BCUT2D eigenvalue weighted by Gasteiger charge is -2.09. The first-order valence-corrected chi connectivity index (χ1v) is 11.8. The van der Waals surface area contributed by atoms with Gasteiger partial charge < -0.3 is 14.5 Å². The number of unbranched alkanes of at least 4 members (excludes halogenated alkanes) is 1. The van der Waals surface area contributed by atoms with Crippen LogP contribution in [0, 0.1) is 0 Å². The van der Waals surface area contributed by atoms with Crippen molar-refractivity contribution in [3.8, 4) is 5.75 Å². The van der Waals surface area contributed by atoms with Crippen molar-refractivity contribution in [2.24, 2.45) is 0 Å². The zero-order valence-corrected chi connectivity index (χ0v) is 18.0.